The lowest BCUT2D eigenvalue weighted by Gasteiger charge is -2.33. The van der Waals surface area contributed by atoms with Crippen LogP contribution in [0.5, 0.6) is 0 Å². The van der Waals surface area contributed by atoms with E-state index in [2.05, 4.69) is 29.1 Å². The second kappa shape index (κ2) is 7.24. The number of aliphatic hydroxyl groups excluding tert-OH is 2. The Bertz CT molecular complexity index is 519. The highest BCUT2D eigenvalue weighted by Gasteiger charge is 2.43. The molecule has 2 fully saturated rings. The molecule has 0 spiro atoms. The number of rotatable bonds is 6. The summed E-state index contributed by atoms with van der Waals surface area (Å²) in [5, 5.41) is 23.8. The third-order valence-corrected chi connectivity index (χ3v) is 5.52. The number of aliphatic hydroxyl groups is 2. The van der Waals surface area contributed by atoms with Crippen LogP contribution in [-0.4, -0.2) is 45.0 Å². The second-order valence-electron chi connectivity index (χ2n) is 7.48. The van der Waals surface area contributed by atoms with Gasteiger partial charge in [-0.2, -0.15) is 0 Å². The molecule has 128 valence electrons. The molecule has 5 nitrogen and oxygen atoms in total. The zero-order valence-corrected chi connectivity index (χ0v) is 14.2. The van der Waals surface area contributed by atoms with Gasteiger partial charge in [0.25, 0.3) is 0 Å². The highest BCUT2D eigenvalue weighted by atomic mass is 16.3. The lowest BCUT2D eigenvalue weighted by Crippen LogP contribution is -2.45. The Morgan fingerprint density at radius 1 is 1.30 bits per heavy atom. The van der Waals surface area contributed by atoms with Gasteiger partial charge in [-0.3, -0.25) is 0 Å². The van der Waals surface area contributed by atoms with Crippen molar-refractivity contribution < 1.29 is 10.2 Å². The van der Waals surface area contributed by atoms with Gasteiger partial charge in [-0.1, -0.05) is 20.3 Å². The normalized spacial score (nSPS) is 31.5. The number of hydrogen-bond donors (Lipinski definition) is 3. The second-order valence-corrected chi connectivity index (χ2v) is 7.48. The smallest absolute Gasteiger partial charge is 0.131 e. The summed E-state index contributed by atoms with van der Waals surface area (Å²) >= 11 is 0. The average molecular weight is 319 g/mol. The van der Waals surface area contributed by atoms with E-state index >= 15 is 0 Å². The first-order valence-corrected chi connectivity index (χ1v) is 8.95. The van der Waals surface area contributed by atoms with Crippen molar-refractivity contribution >= 4 is 0 Å². The number of aromatic nitrogens is 2. The van der Waals surface area contributed by atoms with Gasteiger partial charge in [-0.05, 0) is 37.7 Å². The Morgan fingerprint density at radius 2 is 2.09 bits per heavy atom. The molecular formula is C18H29N3O2. The first-order valence-electron chi connectivity index (χ1n) is 8.95. The van der Waals surface area contributed by atoms with Crippen LogP contribution in [0.1, 0.15) is 57.0 Å². The summed E-state index contributed by atoms with van der Waals surface area (Å²) in [5.74, 6) is 1.34. The summed E-state index contributed by atoms with van der Waals surface area (Å²) in [5.41, 5.74) is 1.02. The summed E-state index contributed by atoms with van der Waals surface area (Å²) in [4.78, 5) is 9.01. The molecule has 5 heteroatoms. The molecule has 3 N–H and O–H groups in total. The van der Waals surface area contributed by atoms with Crippen LogP contribution in [0.25, 0.3) is 0 Å². The van der Waals surface area contributed by atoms with Crippen molar-refractivity contribution in [3.05, 3.63) is 23.8 Å². The zero-order chi connectivity index (χ0) is 16.4. The largest absolute Gasteiger partial charge is 0.396 e. The van der Waals surface area contributed by atoms with Gasteiger partial charge in [0.2, 0.25) is 0 Å². The maximum absolute atomic E-state index is 10.3. The molecule has 0 saturated heterocycles. The molecule has 1 heterocycles. The van der Waals surface area contributed by atoms with Crippen molar-refractivity contribution in [2.24, 2.45) is 11.8 Å². The molecule has 1 aromatic heterocycles. The summed E-state index contributed by atoms with van der Waals surface area (Å²) in [6.07, 6.45) is 6.68. The van der Waals surface area contributed by atoms with Gasteiger partial charge >= 0.3 is 0 Å². The van der Waals surface area contributed by atoms with E-state index in [1.807, 2.05) is 12.3 Å². The maximum atomic E-state index is 10.3. The number of nitrogens with one attached hydrogen (secondary N) is 1. The molecule has 0 bridgehead atoms. The molecule has 2 aliphatic rings. The lowest BCUT2D eigenvalue weighted by atomic mass is 9.86. The van der Waals surface area contributed by atoms with Crippen molar-refractivity contribution in [2.45, 2.75) is 70.1 Å². The van der Waals surface area contributed by atoms with Gasteiger partial charge in [0.15, 0.2) is 0 Å². The Hall–Kier alpha value is -1.04. The number of nitrogens with zero attached hydrogens (tertiary/aromatic N) is 2. The Morgan fingerprint density at radius 3 is 2.70 bits per heavy atom. The molecule has 23 heavy (non-hydrogen) atoms. The fourth-order valence-electron chi connectivity index (χ4n) is 3.86. The molecule has 0 aromatic carbocycles. The molecule has 2 saturated carbocycles. The van der Waals surface area contributed by atoms with Crippen LogP contribution in [0.3, 0.4) is 0 Å². The van der Waals surface area contributed by atoms with Crippen LogP contribution in [0.15, 0.2) is 12.3 Å². The first-order chi connectivity index (χ1) is 11.1. The summed E-state index contributed by atoms with van der Waals surface area (Å²) in [7, 11) is 0. The van der Waals surface area contributed by atoms with Crippen molar-refractivity contribution in [3.63, 3.8) is 0 Å². The molecule has 0 aliphatic heterocycles. The molecule has 1 aromatic rings. The Labute approximate surface area is 138 Å². The SMILES string of the molecule is CC(C)c1nccc(CC2C(NC3CCC3)CC(O)C2CO)n1. The standard InChI is InChI=1S/C18H29N3O2/c1-11(2)18-19-7-6-13(21-18)8-14-15(10-22)17(23)9-16(14)20-12-4-3-5-12/h6-7,11-12,14-17,20,22-23H,3-5,8-10H2,1-2H3. The number of hydrogen-bond acceptors (Lipinski definition) is 5. The lowest BCUT2D eigenvalue weighted by molar-refractivity contribution is 0.0714. The molecule has 4 unspecified atom stereocenters. The van der Waals surface area contributed by atoms with Crippen LogP contribution in [0.2, 0.25) is 0 Å². The van der Waals surface area contributed by atoms with Gasteiger partial charge in [-0.25, -0.2) is 9.97 Å². The van der Waals surface area contributed by atoms with Crippen molar-refractivity contribution in [1.29, 1.82) is 0 Å². The van der Waals surface area contributed by atoms with Gasteiger partial charge in [0.05, 0.1) is 6.10 Å². The highest BCUT2D eigenvalue weighted by molar-refractivity contribution is 5.09. The van der Waals surface area contributed by atoms with E-state index in [0.717, 1.165) is 24.4 Å². The molecule has 0 amide bonds. The van der Waals surface area contributed by atoms with Crippen molar-refractivity contribution in [1.82, 2.24) is 15.3 Å². The van der Waals surface area contributed by atoms with Crippen LogP contribution >= 0.6 is 0 Å². The van der Waals surface area contributed by atoms with Crippen LogP contribution < -0.4 is 5.32 Å². The van der Waals surface area contributed by atoms with Crippen molar-refractivity contribution in [2.75, 3.05) is 6.61 Å². The zero-order valence-electron chi connectivity index (χ0n) is 14.2. The third kappa shape index (κ3) is 3.73. The highest BCUT2D eigenvalue weighted by Crippen LogP contribution is 2.36. The third-order valence-electron chi connectivity index (χ3n) is 5.52. The summed E-state index contributed by atoms with van der Waals surface area (Å²) in [6, 6.07) is 2.82. The minimum absolute atomic E-state index is 0.0385. The Kier molecular flexibility index (Phi) is 5.29. The van der Waals surface area contributed by atoms with E-state index in [9.17, 15) is 10.2 Å². The van der Waals surface area contributed by atoms with Gasteiger partial charge < -0.3 is 15.5 Å². The van der Waals surface area contributed by atoms with Gasteiger partial charge in [0.1, 0.15) is 5.82 Å². The van der Waals surface area contributed by atoms with Gasteiger partial charge in [0, 0.05) is 42.4 Å². The summed E-state index contributed by atoms with van der Waals surface area (Å²) in [6.45, 7) is 4.22. The van der Waals surface area contributed by atoms with Crippen LogP contribution in [-0.2, 0) is 6.42 Å². The monoisotopic (exact) mass is 319 g/mol. The minimum Gasteiger partial charge on any atom is -0.396 e. The quantitative estimate of drug-likeness (QED) is 0.743. The van der Waals surface area contributed by atoms with Crippen LogP contribution in [0, 0.1) is 11.8 Å². The van der Waals surface area contributed by atoms with E-state index in [1.165, 1.54) is 19.3 Å². The van der Waals surface area contributed by atoms with E-state index in [4.69, 9.17) is 0 Å². The predicted octanol–water partition coefficient (Wildman–Crippen LogP) is 1.64. The molecule has 2 aliphatic carbocycles. The summed E-state index contributed by atoms with van der Waals surface area (Å²) < 4.78 is 0. The van der Waals surface area contributed by atoms with E-state index < -0.39 is 6.10 Å². The Balaban J connectivity index is 1.74. The molecular weight excluding hydrogens is 290 g/mol. The predicted molar refractivity (Wildman–Crippen MR) is 89.1 cm³/mol. The molecule has 3 rings (SSSR count). The van der Waals surface area contributed by atoms with E-state index in [1.54, 1.807) is 0 Å². The van der Waals surface area contributed by atoms with Gasteiger partial charge in [-0.15, -0.1) is 0 Å². The fourth-order valence-corrected chi connectivity index (χ4v) is 3.86. The fraction of sp³-hybridized carbons (Fsp3) is 0.778. The first kappa shape index (κ1) is 16.8. The van der Waals surface area contributed by atoms with Crippen molar-refractivity contribution in [3.8, 4) is 0 Å². The minimum atomic E-state index is -0.422. The van der Waals surface area contributed by atoms with E-state index in [-0.39, 0.29) is 24.5 Å². The van der Waals surface area contributed by atoms with Crippen LogP contribution in [0.4, 0.5) is 0 Å². The molecule has 4 atom stereocenters. The average Bonchev–Trinajstić information content (AvgIpc) is 2.78. The van der Waals surface area contributed by atoms with E-state index in [0.29, 0.717) is 12.0 Å². The maximum Gasteiger partial charge on any atom is 0.131 e. The topological polar surface area (TPSA) is 78.3 Å². The molecule has 0 radical (unpaired) electrons.